The largest absolute Gasteiger partial charge is 0.354 e. The van der Waals surface area contributed by atoms with Crippen LogP contribution in [0.15, 0.2) is 18.5 Å². The quantitative estimate of drug-likeness (QED) is 0.844. The second kappa shape index (κ2) is 6.57. The lowest BCUT2D eigenvalue weighted by Crippen LogP contribution is -2.37. The molecule has 0 saturated heterocycles. The Bertz CT molecular complexity index is 349. The van der Waals surface area contributed by atoms with Crippen molar-refractivity contribution < 1.29 is 4.79 Å². The third kappa shape index (κ3) is 3.86. The Balaban J connectivity index is 2.50. The van der Waals surface area contributed by atoms with E-state index in [0.717, 1.165) is 6.54 Å². The van der Waals surface area contributed by atoms with E-state index in [0.29, 0.717) is 17.8 Å². The van der Waals surface area contributed by atoms with E-state index >= 15 is 0 Å². The van der Waals surface area contributed by atoms with Crippen molar-refractivity contribution in [2.45, 2.75) is 40.7 Å². The van der Waals surface area contributed by atoms with Crippen molar-refractivity contribution in [3.8, 4) is 0 Å². The van der Waals surface area contributed by atoms with Crippen LogP contribution in [0.4, 0.5) is 0 Å². The van der Waals surface area contributed by atoms with E-state index in [2.05, 4.69) is 38.1 Å². The van der Waals surface area contributed by atoms with Gasteiger partial charge >= 0.3 is 0 Å². The van der Waals surface area contributed by atoms with Gasteiger partial charge in [-0.25, -0.2) is 0 Å². The molecule has 1 atom stereocenters. The van der Waals surface area contributed by atoms with Gasteiger partial charge in [0.05, 0.1) is 0 Å². The number of aromatic nitrogens is 2. The third-order valence-corrected chi connectivity index (χ3v) is 3.53. The van der Waals surface area contributed by atoms with Crippen LogP contribution in [-0.2, 0) is 4.79 Å². The lowest BCUT2D eigenvalue weighted by atomic mass is 9.85. The molecule has 18 heavy (non-hydrogen) atoms. The molecule has 0 radical (unpaired) electrons. The molecule has 102 valence electrons. The van der Waals surface area contributed by atoms with Crippen LogP contribution in [0.25, 0.3) is 0 Å². The van der Waals surface area contributed by atoms with Gasteiger partial charge in [0.15, 0.2) is 0 Å². The van der Waals surface area contributed by atoms with E-state index in [1.165, 1.54) is 0 Å². The molecule has 0 saturated carbocycles. The molecule has 0 aliphatic carbocycles. The maximum absolute atomic E-state index is 12.0. The molecule has 1 aromatic heterocycles. The Kier molecular flexibility index (Phi) is 5.38. The minimum atomic E-state index is -0.250. The number of amides is 1. The Morgan fingerprint density at radius 3 is 2.28 bits per heavy atom. The van der Waals surface area contributed by atoms with Gasteiger partial charge in [-0.2, -0.15) is 5.10 Å². The molecule has 4 nitrogen and oxygen atoms in total. The predicted octanol–water partition coefficient (Wildman–Crippen LogP) is 2.49. The molecule has 1 aromatic rings. The number of carbonyl (C=O) groups is 1. The summed E-state index contributed by atoms with van der Waals surface area (Å²) in [4.78, 5) is 12.0. The van der Waals surface area contributed by atoms with Crippen molar-refractivity contribution in [2.24, 2.45) is 17.8 Å². The minimum Gasteiger partial charge on any atom is -0.354 e. The van der Waals surface area contributed by atoms with Gasteiger partial charge in [-0.1, -0.05) is 27.7 Å². The standard InChI is InChI=1S/C14H25N3O/c1-10(2)13(11(3)4)9-15-14(18)12(5)17-8-6-7-16-17/h6-8,10-13H,9H2,1-5H3,(H,15,18). The van der Waals surface area contributed by atoms with Crippen molar-refractivity contribution in [1.29, 1.82) is 0 Å². The van der Waals surface area contributed by atoms with Crippen molar-refractivity contribution in [3.63, 3.8) is 0 Å². The first-order valence-electron chi connectivity index (χ1n) is 6.70. The molecule has 1 N–H and O–H groups in total. The Hall–Kier alpha value is -1.32. The molecule has 0 spiro atoms. The summed E-state index contributed by atoms with van der Waals surface area (Å²) in [6, 6.07) is 1.58. The Morgan fingerprint density at radius 1 is 1.22 bits per heavy atom. The van der Waals surface area contributed by atoms with E-state index in [4.69, 9.17) is 0 Å². The highest BCUT2D eigenvalue weighted by Crippen LogP contribution is 2.19. The normalized spacial score (nSPS) is 13.3. The maximum atomic E-state index is 12.0. The zero-order valence-electron chi connectivity index (χ0n) is 12.1. The van der Waals surface area contributed by atoms with Crippen LogP contribution in [0, 0.1) is 17.8 Å². The van der Waals surface area contributed by atoms with Gasteiger partial charge in [0.1, 0.15) is 6.04 Å². The predicted molar refractivity (Wildman–Crippen MR) is 73.1 cm³/mol. The first kappa shape index (κ1) is 14.7. The molecule has 0 aliphatic heterocycles. The summed E-state index contributed by atoms with van der Waals surface area (Å²) in [5.41, 5.74) is 0. The number of hydrogen-bond donors (Lipinski definition) is 1. The van der Waals surface area contributed by atoms with Crippen molar-refractivity contribution >= 4 is 5.91 Å². The summed E-state index contributed by atoms with van der Waals surface area (Å²) in [5, 5.41) is 7.12. The van der Waals surface area contributed by atoms with Gasteiger partial charge in [-0.05, 0) is 30.7 Å². The highest BCUT2D eigenvalue weighted by atomic mass is 16.2. The Labute approximate surface area is 110 Å². The van der Waals surface area contributed by atoms with Crippen LogP contribution < -0.4 is 5.32 Å². The fourth-order valence-corrected chi connectivity index (χ4v) is 2.24. The van der Waals surface area contributed by atoms with Gasteiger partial charge in [-0.15, -0.1) is 0 Å². The van der Waals surface area contributed by atoms with Crippen LogP contribution in [0.5, 0.6) is 0 Å². The van der Waals surface area contributed by atoms with Crippen molar-refractivity contribution in [2.75, 3.05) is 6.54 Å². The Morgan fingerprint density at radius 2 is 1.83 bits per heavy atom. The first-order valence-corrected chi connectivity index (χ1v) is 6.70. The van der Waals surface area contributed by atoms with Crippen molar-refractivity contribution in [3.05, 3.63) is 18.5 Å². The molecule has 1 heterocycles. The monoisotopic (exact) mass is 251 g/mol. The summed E-state index contributed by atoms with van der Waals surface area (Å²) in [7, 11) is 0. The van der Waals surface area contributed by atoms with Crippen LogP contribution >= 0.6 is 0 Å². The molecule has 1 unspecified atom stereocenters. The van der Waals surface area contributed by atoms with Crippen LogP contribution in [0.2, 0.25) is 0 Å². The minimum absolute atomic E-state index is 0.0324. The lowest BCUT2D eigenvalue weighted by molar-refractivity contribution is -0.124. The van der Waals surface area contributed by atoms with Crippen LogP contribution in [0.3, 0.4) is 0 Å². The molecular weight excluding hydrogens is 226 g/mol. The fraction of sp³-hybridized carbons (Fsp3) is 0.714. The number of carbonyl (C=O) groups excluding carboxylic acids is 1. The number of nitrogens with one attached hydrogen (secondary N) is 1. The van der Waals surface area contributed by atoms with Gasteiger partial charge in [0.25, 0.3) is 0 Å². The molecule has 1 amide bonds. The molecular formula is C14H25N3O. The summed E-state index contributed by atoms with van der Waals surface area (Å²) < 4.78 is 1.68. The fourth-order valence-electron chi connectivity index (χ4n) is 2.24. The van der Waals surface area contributed by atoms with E-state index in [1.54, 1.807) is 10.9 Å². The summed E-state index contributed by atoms with van der Waals surface area (Å²) in [6.45, 7) is 11.4. The molecule has 4 heteroatoms. The van der Waals surface area contributed by atoms with Gasteiger partial charge < -0.3 is 5.32 Å². The van der Waals surface area contributed by atoms with E-state index in [1.807, 2.05) is 19.2 Å². The third-order valence-electron chi connectivity index (χ3n) is 3.53. The summed E-state index contributed by atoms with van der Waals surface area (Å²) in [6.07, 6.45) is 3.50. The summed E-state index contributed by atoms with van der Waals surface area (Å²) in [5.74, 6) is 1.69. The molecule has 1 rings (SSSR count). The average molecular weight is 251 g/mol. The zero-order valence-corrected chi connectivity index (χ0v) is 12.1. The molecule has 0 bridgehead atoms. The average Bonchev–Trinajstić information content (AvgIpc) is 2.80. The lowest BCUT2D eigenvalue weighted by Gasteiger charge is -2.25. The SMILES string of the molecule is CC(C)C(CNC(=O)C(C)n1cccn1)C(C)C. The highest BCUT2D eigenvalue weighted by Gasteiger charge is 2.20. The van der Waals surface area contributed by atoms with Crippen LogP contribution in [-0.4, -0.2) is 22.2 Å². The van der Waals surface area contributed by atoms with Gasteiger partial charge in [0, 0.05) is 18.9 Å². The second-order valence-corrected chi connectivity index (χ2v) is 5.56. The van der Waals surface area contributed by atoms with Crippen LogP contribution in [0.1, 0.15) is 40.7 Å². The van der Waals surface area contributed by atoms with E-state index in [9.17, 15) is 4.79 Å². The molecule has 0 aliphatic rings. The zero-order chi connectivity index (χ0) is 13.7. The molecule has 0 aromatic carbocycles. The highest BCUT2D eigenvalue weighted by molar-refractivity contribution is 5.79. The van der Waals surface area contributed by atoms with Gasteiger partial charge in [-0.3, -0.25) is 9.48 Å². The summed E-state index contributed by atoms with van der Waals surface area (Å²) >= 11 is 0. The second-order valence-electron chi connectivity index (χ2n) is 5.56. The first-order chi connectivity index (χ1) is 8.43. The molecule has 0 fully saturated rings. The van der Waals surface area contributed by atoms with E-state index < -0.39 is 0 Å². The maximum Gasteiger partial charge on any atom is 0.244 e. The number of hydrogen-bond acceptors (Lipinski definition) is 2. The topological polar surface area (TPSA) is 46.9 Å². The van der Waals surface area contributed by atoms with E-state index in [-0.39, 0.29) is 11.9 Å². The smallest absolute Gasteiger partial charge is 0.244 e. The number of rotatable bonds is 6. The number of nitrogens with zero attached hydrogens (tertiary/aromatic N) is 2. The van der Waals surface area contributed by atoms with Gasteiger partial charge in [0.2, 0.25) is 5.91 Å². The van der Waals surface area contributed by atoms with Crippen molar-refractivity contribution in [1.82, 2.24) is 15.1 Å².